The first-order valence-electron chi connectivity index (χ1n) is 4.60. The van der Waals surface area contributed by atoms with E-state index in [0.29, 0.717) is 0 Å². The van der Waals surface area contributed by atoms with Gasteiger partial charge in [0, 0.05) is 19.8 Å². The second-order valence-electron chi connectivity index (χ2n) is 3.19. The lowest BCUT2D eigenvalue weighted by atomic mass is 10.1. The molecule has 0 spiro atoms. The Morgan fingerprint density at radius 3 is 2.29 bits per heavy atom. The number of carbonyl (C=O) groups is 1. The second-order valence-corrected chi connectivity index (χ2v) is 5.45. The minimum atomic E-state index is -3.50. The molecule has 0 saturated heterocycles. The number of hydrogen-bond acceptors (Lipinski definition) is 4. The Balaban J connectivity index is 2.90. The highest BCUT2D eigenvalue weighted by atomic mass is 31.2. The number of hydrogen-bond donors (Lipinski definition) is 0. The maximum atomic E-state index is 12.9. The zero-order valence-corrected chi connectivity index (χ0v) is 10.2. The summed E-state index contributed by atoms with van der Waals surface area (Å²) >= 11 is 0. The molecule has 94 valence electrons. The van der Waals surface area contributed by atoms with Crippen molar-refractivity contribution < 1.29 is 27.2 Å². The third-order valence-electron chi connectivity index (χ3n) is 2.14. The van der Waals surface area contributed by atoms with Crippen LogP contribution in [0.5, 0.6) is 0 Å². The van der Waals surface area contributed by atoms with Crippen LogP contribution in [0.3, 0.4) is 0 Å². The molecule has 0 heterocycles. The molecule has 7 heteroatoms. The van der Waals surface area contributed by atoms with Gasteiger partial charge in [-0.05, 0) is 18.2 Å². The molecule has 1 aromatic carbocycles. The number of Topliss-reactive ketones (excluding diaryl/α,β-unsaturated/α-hetero) is 1. The third kappa shape index (κ3) is 3.43. The first-order chi connectivity index (χ1) is 7.91. The lowest BCUT2D eigenvalue weighted by molar-refractivity contribution is 0.101. The van der Waals surface area contributed by atoms with E-state index in [4.69, 9.17) is 0 Å². The van der Waals surface area contributed by atoms with E-state index in [0.717, 1.165) is 32.4 Å². The first kappa shape index (κ1) is 14.0. The number of ketones is 1. The van der Waals surface area contributed by atoms with E-state index < -0.39 is 31.2 Å². The van der Waals surface area contributed by atoms with Gasteiger partial charge < -0.3 is 9.05 Å². The molecular formula is C10H11F2O4P. The Labute approximate surface area is 97.1 Å². The van der Waals surface area contributed by atoms with Crippen LogP contribution in [-0.2, 0) is 13.6 Å². The Hall–Kier alpha value is -1.10. The fourth-order valence-corrected chi connectivity index (χ4v) is 2.08. The summed E-state index contributed by atoms with van der Waals surface area (Å²) in [5, 5.41) is 0. The molecule has 1 rings (SSSR count). The normalized spacial score (nSPS) is 11.5. The summed E-state index contributed by atoms with van der Waals surface area (Å²) in [5.74, 6) is -2.83. The van der Waals surface area contributed by atoms with Crippen LogP contribution in [0, 0.1) is 11.6 Å². The summed E-state index contributed by atoms with van der Waals surface area (Å²) in [6, 6.07) is 2.68. The van der Waals surface area contributed by atoms with Gasteiger partial charge in [-0.25, -0.2) is 8.78 Å². The van der Waals surface area contributed by atoms with Crippen LogP contribution in [0.1, 0.15) is 10.4 Å². The van der Waals surface area contributed by atoms with Crippen molar-refractivity contribution in [1.82, 2.24) is 0 Å². The van der Waals surface area contributed by atoms with Crippen LogP contribution < -0.4 is 0 Å². The van der Waals surface area contributed by atoms with Gasteiger partial charge in [0.25, 0.3) is 0 Å². The molecule has 0 N–H and O–H groups in total. The Kier molecular flexibility index (Phi) is 4.51. The molecule has 0 atom stereocenters. The second kappa shape index (κ2) is 5.49. The van der Waals surface area contributed by atoms with Gasteiger partial charge in [-0.1, -0.05) is 0 Å². The highest BCUT2D eigenvalue weighted by molar-refractivity contribution is 7.54. The highest BCUT2D eigenvalue weighted by Crippen LogP contribution is 2.46. The van der Waals surface area contributed by atoms with Crippen LogP contribution in [0.4, 0.5) is 8.78 Å². The van der Waals surface area contributed by atoms with E-state index in [1.807, 2.05) is 0 Å². The highest BCUT2D eigenvalue weighted by Gasteiger charge is 2.26. The summed E-state index contributed by atoms with van der Waals surface area (Å²) in [6.07, 6.45) is -0.523. The first-order valence-corrected chi connectivity index (χ1v) is 6.33. The fourth-order valence-electron chi connectivity index (χ4n) is 1.14. The molecule has 0 fully saturated rings. The maximum Gasteiger partial charge on any atom is 0.337 e. The van der Waals surface area contributed by atoms with Gasteiger partial charge in [0.15, 0.2) is 17.4 Å². The molecule has 0 amide bonds. The molecular weight excluding hydrogens is 253 g/mol. The zero-order chi connectivity index (χ0) is 13.1. The van der Waals surface area contributed by atoms with Gasteiger partial charge in [-0.2, -0.15) is 0 Å². The average Bonchev–Trinajstić information content (AvgIpc) is 2.32. The molecule has 0 aliphatic rings. The monoisotopic (exact) mass is 264 g/mol. The smallest absolute Gasteiger partial charge is 0.312 e. The van der Waals surface area contributed by atoms with Crippen LogP contribution in [0.2, 0.25) is 0 Å². The summed E-state index contributed by atoms with van der Waals surface area (Å²) in [7, 11) is -1.21. The molecule has 0 saturated carbocycles. The Bertz CT molecular complexity index is 467. The lowest BCUT2D eigenvalue weighted by Crippen LogP contribution is -2.09. The van der Waals surface area contributed by atoms with Gasteiger partial charge in [0.2, 0.25) is 0 Å². The van der Waals surface area contributed by atoms with E-state index in [2.05, 4.69) is 9.05 Å². The quantitative estimate of drug-likeness (QED) is 0.606. The van der Waals surface area contributed by atoms with E-state index in [-0.39, 0.29) is 5.56 Å². The number of halogens is 2. The zero-order valence-electron chi connectivity index (χ0n) is 9.28. The van der Waals surface area contributed by atoms with Crippen molar-refractivity contribution in [3.63, 3.8) is 0 Å². The van der Waals surface area contributed by atoms with Gasteiger partial charge >= 0.3 is 7.60 Å². The van der Waals surface area contributed by atoms with Gasteiger partial charge in [0.05, 0.1) is 0 Å². The molecule has 4 nitrogen and oxygen atoms in total. The summed E-state index contributed by atoms with van der Waals surface area (Å²) in [5.41, 5.74) is -0.0850. The molecule has 0 aromatic heterocycles. The minimum Gasteiger partial charge on any atom is -0.312 e. The van der Waals surface area contributed by atoms with Gasteiger partial charge in [-0.3, -0.25) is 9.36 Å². The Morgan fingerprint density at radius 2 is 1.82 bits per heavy atom. The molecule has 0 bridgehead atoms. The number of benzene rings is 1. The average molecular weight is 264 g/mol. The molecule has 0 aliphatic heterocycles. The molecule has 0 radical (unpaired) electrons. The van der Waals surface area contributed by atoms with Crippen molar-refractivity contribution in [3.05, 3.63) is 35.4 Å². The summed E-state index contributed by atoms with van der Waals surface area (Å²) in [6.45, 7) is 0. The van der Waals surface area contributed by atoms with Crippen molar-refractivity contribution in [2.75, 3.05) is 20.4 Å². The van der Waals surface area contributed by atoms with Crippen molar-refractivity contribution in [2.24, 2.45) is 0 Å². The van der Waals surface area contributed by atoms with Gasteiger partial charge in [0.1, 0.15) is 6.16 Å². The van der Waals surface area contributed by atoms with Crippen LogP contribution in [0.15, 0.2) is 18.2 Å². The van der Waals surface area contributed by atoms with Crippen molar-refractivity contribution in [3.8, 4) is 0 Å². The van der Waals surface area contributed by atoms with Crippen molar-refractivity contribution in [2.45, 2.75) is 0 Å². The van der Waals surface area contributed by atoms with Crippen molar-refractivity contribution in [1.29, 1.82) is 0 Å². The van der Waals surface area contributed by atoms with Crippen LogP contribution in [-0.4, -0.2) is 26.2 Å². The number of rotatable bonds is 5. The third-order valence-corrected chi connectivity index (χ3v) is 3.92. The van der Waals surface area contributed by atoms with E-state index in [9.17, 15) is 18.1 Å². The maximum absolute atomic E-state index is 12.9. The molecule has 0 aliphatic carbocycles. The van der Waals surface area contributed by atoms with Gasteiger partial charge in [-0.15, -0.1) is 0 Å². The van der Waals surface area contributed by atoms with E-state index in [1.54, 1.807) is 0 Å². The Morgan fingerprint density at radius 1 is 1.24 bits per heavy atom. The summed E-state index contributed by atoms with van der Waals surface area (Å²) < 4.78 is 46.3. The predicted octanol–water partition coefficient (Wildman–Crippen LogP) is 2.63. The van der Waals surface area contributed by atoms with Crippen LogP contribution in [0.25, 0.3) is 0 Å². The lowest BCUT2D eigenvalue weighted by Gasteiger charge is -2.12. The van der Waals surface area contributed by atoms with Crippen molar-refractivity contribution >= 4 is 13.4 Å². The van der Waals surface area contributed by atoms with E-state index in [1.165, 1.54) is 0 Å². The number of carbonyl (C=O) groups excluding carboxylic acids is 1. The largest absolute Gasteiger partial charge is 0.337 e. The topological polar surface area (TPSA) is 52.6 Å². The summed E-state index contributed by atoms with van der Waals surface area (Å²) in [4.78, 5) is 11.6. The fraction of sp³-hybridized carbons (Fsp3) is 0.300. The predicted molar refractivity (Wildman–Crippen MR) is 57.2 cm³/mol. The molecule has 0 unspecified atom stereocenters. The SMILES string of the molecule is COP(=O)(CC(=O)c1ccc(F)c(F)c1)OC. The van der Waals surface area contributed by atoms with E-state index >= 15 is 0 Å². The molecule has 1 aromatic rings. The van der Waals surface area contributed by atoms with Crippen LogP contribution >= 0.6 is 7.60 Å². The minimum absolute atomic E-state index is 0.0850. The molecule has 17 heavy (non-hydrogen) atoms. The standard InChI is InChI=1S/C10H11F2O4P/c1-15-17(14,16-2)6-10(13)7-3-4-8(11)9(12)5-7/h3-5H,6H2,1-2H3.